The third kappa shape index (κ3) is 3.52. The summed E-state index contributed by atoms with van der Waals surface area (Å²) in [4.78, 5) is 11.7. The molecule has 0 fully saturated rings. The number of hydrogen-bond donors (Lipinski definition) is 1. The molecule has 1 unspecified atom stereocenters. The summed E-state index contributed by atoms with van der Waals surface area (Å²) in [5.74, 6) is 1.44. The van der Waals surface area contributed by atoms with Gasteiger partial charge in [-0.05, 0) is 10.9 Å². The van der Waals surface area contributed by atoms with Gasteiger partial charge in [-0.2, -0.15) is 0 Å². The second-order valence-corrected chi connectivity index (χ2v) is 5.40. The standard InChI is InChI=1S/C11H15O2S/c1-14(8-7-12)9-11(13)10-5-3-2-4-6-10/h2-6,12H,7-9H2,1H3/q+1. The van der Waals surface area contributed by atoms with Gasteiger partial charge in [0.2, 0.25) is 5.78 Å². The van der Waals surface area contributed by atoms with E-state index in [1.807, 2.05) is 36.6 Å². The first-order valence-electron chi connectivity index (χ1n) is 4.52. The highest BCUT2D eigenvalue weighted by molar-refractivity contribution is 7.96. The first kappa shape index (κ1) is 11.3. The van der Waals surface area contributed by atoms with Crippen molar-refractivity contribution in [2.24, 2.45) is 0 Å². The van der Waals surface area contributed by atoms with Gasteiger partial charge in [-0.25, -0.2) is 0 Å². The van der Waals surface area contributed by atoms with Crippen LogP contribution < -0.4 is 0 Å². The highest BCUT2D eigenvalue weighted by atomic mass is 32.2. The molecule has 0 aliphatic heterocycles. The maximum absolute atomic E-state index is 11.7. The number of carbonyl (C=O) groups is 1. The van der Waals surface area contributed by atoms with Crippen molar-refractivity contribution in [3.63, 3.8) is 0 Å². The normalized spacial score (nSPS) is 12.4. The Bertz CT molecular complexity index is 285. The van der Waals surface area contributed by atoms with Crippen molar-refractivity contribution in [3.05, 3.63) is 35.9 Å². The maximum atomic E-state index is 11.7. The molecule has 0 aliphatic rings. The molecule has 1 rings (SSSR count). The molecule has 0 radical (unpaired) electrons. The fourth-order valence-electron chi connectivity index (χ4n) is 1.16. The monoisotopic (exact) mass is 211 g/mol. The Labute approximate surface area is 87.3 Å². The molecule has 0 heterocycles. The van der Waals surface area contributed by atoms with Crippen LogP contribution in [0.3, 0.4) is 0 Å². The minimum absolute atomic E-state index is 0.000163. The third-order valence-electron chi connectivity index (χ3n) is 1.91. The lowest BCUT2D eigenvalue weighted by Gasteiger charge is -2.01. The van der Waals surface area contributed by atoms with E-state index < -0.39 is 0 Å². The van der Waals surface area contributed by atoms with Gasteiger partial charge in [0.15, 0.2) is 5.75 Å². The number of hydrogen-bond acceptors (Lipinski definition) is 2. The highest BCUT2D eigenvalue weighted by Crippen LogP contribution is 2.03. The first-order valence-corrected chi connectivity index (χ1v) is 6.49. The molecule has 1 N–H and O–H groups in total. The largest absolute Gasteiger partial charge is 0.391 e. The second-order valence-electron chi connectivity index (χ2n) is 3.14. The van der Waals surface area contributed by atoms with Crippen molar-refractivity contribution >= 4 is 16.7 Å². The van der Waals surface area contributed by atoms with Crippen molar-refractivity contribution < 1.29 is 9.90 Å². The van der Waals surface area contributed by atoms with E-state index in [9.17, 15) is 4.79 Å². The number of aliphatic hydroxyl groups is 1. The third-order valence-corrected chi connectivity index (χ3v) is 3.55. The number of rotatable bonds is 5. The molecule has 0 saturated heterocycles. The molecule has 1 atom stereocenters. The molecule has 1 aromatic carbocycles. The molecule has 0 amide bonds. The van der Waals surface area contributed by atoms with Crippen LogP contribution in [0.1, 0.15) is 10.4 Å². The molecule has 0 aliphatic carbocycles. The Morgan fingerprint density at radius 2 is 2.00 bits per heavy atom. The van der Waals surface area contributed by atoms with Crippen LogP contribution in [0.5, 0.6) is 0 Å². The van der Waals surface area contributed by atoms with Gasteiger partial charge in [0.1, 0.15) is 5.75 Å². The summed E-state index contributed by atoms with van der Waals surface area (Å²) in [5, 5.41) is 8.72. The van der Waals surface area contributed by atoms with E-state index in [4.69, 9.17) is 5.11 Å². The second kappa shape index (κ2) is 5.83. The van der Waals surface area contributed by atoms with Gasteiger partial charge in [-0.3, -0.25) is 4.79 Å². The molecule has 0 saturated carbocycles. The van der Waals surface area contributed by atoms with Gasteiger partial charge in [0.25, 0.3) is 0 Å². The van der Waals surface area contributed by atoms with Gasteiger partial charge < -0.3 is 5.11 Å². The lowest BCUT2D eigenvalue weighted by Crippen LogP contribution is -2.19. The summed E-state index contributed by atoms with van der Waals surface area (Å²) >= 11 is 0. The van der Waals surface area contributed by atoms with E-state index in [1.54, 1.807) is 0 Å². The number of carbonyl (C=O) groups excluding carboxylic acids is 1. The molecule has 0 spiro atoms. The average Bonchev–Trinajstić information content (AvgIpc) is 2.19. The van der Waals surface area contributed by atoms with E-state index in [0.29, 0.717) is 5.75 Å². The predicted molar refractivity (Wildman–Crippen MR) is 60.9 cm³/mol. The fraction of sp³-hybridized carbons (Fsp3) is 0.364. The molecule has 0 aromatic heterocycles. The van der Waals surface area contributed by atoms with E-state index >= 15 is 0 Å². The fourth-order valence-corrected chi connectivity index (χ4v) is 2.23. The van der Waals surface area contributed by atoms with Gasteiger partial charge in [-0.1, -0.05) is 30.3 Å². The molecular weight excluding hydrogens is 196 g/mol. The van der Waals surface area contributed by atoms with Gasteiger partial charge >= 0.3 is 0 Å². The zero-order valence-corrected chi connectivity index (χ0v) is 9.09. The Morgan fingerprint density at radius 3 is 2.57 bits per heavy atom. The van der Waals surface area contributed by atoms with Crippen LogP contribution in [-0.4, -0.2) is 35.3 Å². The van der Waals surface area contributed by atoms with Crippen LogP contribution in [0.25, 0.3) is 0 Å². The van der Waals surface area contributed by atoms with Crippen molar-refractivity contribution in [2.45, 2.75) is 0 Å². The molecule has 14 heavy (non-hydrogen) atoms. The van der Waals surface area contributed by atoms with Gasteiger partial charge in [0, 0.05) is 5.56 Å². The van der Waals surface area contributed by atoms with Crippen LogP contribution >= 0.6 is 0 Å². The van der Waals surface area contributed by atoms with Crippen LogP contribution in [-0.2, 0) is 10.9 Å². The van der Waals surface area contributed by atoms with Crippen LogP contribution in [0.2, 0.25) is 0 Å². The summed E-state index contributed by atoms with van der Waals surface area (Å²) in [6, 6.07) is 9.30. The molecule has 76 valence electrons. The number of Topliss-reactive ketones (excluding diaryl/α,β-unsaturated/α-hetero) is 1. The maximum Gasteiger partial charge on any atom is 0.211 e. The minimum Gasteiger partial charge on any atom is -0.391 e. The van der Waals surface area contributed by atoms with E-state index in [1.165, 1.54) is 0 Å². The van der Waals surface area contributed by atoms with Gasteiger partial charge in [0.05, 0.1) is 12.9 Å². The summed E-state index contributed by atoms with van der Waals surface area (Å²) in [6.07, 6.45) is 2.01. The Hall–Kier alpha value is -0.800. The van der Waals surface area contributed by atoms with E-state index in [2.05, 4.69) is 0 Å². The summed E-state index contributed by atoms with van der Waals surface area (Å²) < 4.78 is 0. The van der Waals surface area contributed by atoms with Crippen LogP contribution in [0.15, 0.2) is 30.3 Å². The van der Waals surface area contributed by atoms with E-state index in [0.717, 1.165) is 11.3 Å². The lowest BCUT2D eigenvalue weighted by molar-refractivity contribution is 0.102. The summed E-state index contributed by atoms with van der Waals surface area (Å²) in [7, 11) is -0.000163. The smallest absolute Gasteiger partial charge is 0.211 e. The zero-order valence-electron chi connectivity index (χ0n) is 8.27. The Morgan fingerprint density at radius 1 is 1.36 bits per heavy atom. The topological polar surface area (TPSA) is 37.3 Å². The van der Waals surface area contributed by atoms with Crippen molar-refractivity contribution in [2.75, 3.05) is 24.4 Å². The van der Waals surface area contributed by atoms with Crippen molar-refractivity contribution in [3.8, 4) is 0 Å². The first-order chi connectivity index (χ1) is 6.74. The predicted octanol–water partition coefficient (Wildman–Crippen LogP) is 1.11. The Balaban J connectivity index is 2.51. The number of aliphatic hydroxyl groups excluding tert-OH is 1. The lowest BCUT2D eigenvalue weighted by atomic mass is 10.2. The molecular formula is C11H15O2S+. The molecule has 1 aromatic rings. The highest BCUT2D eigenvalue weighted by Gasteiger charge is 2.17. The quantitative estimate of drug-likeness (QED) is 0.585. The van der Waals surface area contributed by atoms with Crippen molar-refractivity contribution in [1.29, 1.82) is 0 Å². The zero-order chi connectivity index (χ0) is 10.4. The van der Waals surface area contributed by atoms with Crippen LogP contribution in [0.4, 0.5) is 0 Å². The van der Waals surface area contributed by atoms with E-state index in [-0.39, 0.29) is 23.3 Å². The molecule has 3 heteroatoms. The minimum atomic E-state index is -0.000163. The Kier molecular flexibility index (Phi) is 4.70. The average molecular weight is 211 g/mol. The SMILES string of the molecule is C[S+](CCO)CC(=O)c1ccccc1. The number of ketones is 1. The summed E-state index contributed by atoms with van der Waals surface area (Å²) in [6.45, 7) is 0.168. The van der Waals surface area contributed by atoms with Crippen molar-refractivity contribution in [1.82, 2.24) is 0 Å². The molecule has 2 nitrogen and oxygen atoms in total. The van der Waals surface area contributed by atoms with Gasteiger partial charge in [-0.15, -0.1) is 0 Å². The number of benzene rings is 1. The summed E-state index contributed by atoms with van der Waals surface area (Å²) in [5.41, 5.74) is 0.768. The van der Waals surface area contributed by atoms with Crippen LogP contribution in [0, 0.1) is 0 Å². The molecule has 0 bridgehead atoms.